The highest BCUT2D eigenvalue weighted by molar-refractivity contribution is 6.30. The lowest BCUT2D eigenvalue weighted by atomic mass is 9.87. The minimum Gasteiger partial charge on any atom is -0.453 e. The number of hydrogen-bond acceptors (Lipinski definition) is 5. The van der Waals surface area contributed by atoms with Crippen LogP contribution in [0.5, 0.6) is 0 Å². The van der Waals surface area contributed by atoms with Crippen LogP contribution in [-0.4, -0.2) is 41.4 Å². The minimum atomic E-state index is -0.592. The molecule has 0 aliphatic carbocycles. The van der Waals surface area contributed by atoms with Crippen molar-refractivity contribution >= 4 is 40.9 Å². The monoisotopic (exact) mass is 560 g/mol. The van der Waals surface area contributed by atoms with E-state index in [1.807, 2.05) is 54.3 Å². The van der Waals surface area contributed by atoms with Crippen molar-refractivity contribution in [3.05, 3.63) is 77.1 Å². The molecule has 208 valence electrons. The van der Waals surface area contributed by atoms with Crippen LogP contribution in [0.3, 0.4) is 0 Å². The smallest absolute Gasteiger partial charge is 0.411 e. The summed E-state index contributed by atoms with van der Waals surface area (Å²) < 4.78 is 4.71. The van der Waals surface area contributed by atoms with Crippen LogP contribution >= 0.6 is 11.6 Å². The number of methoxy groups -OCH3 is 1. The molecular formula is C31H33ClN4O4. The Morgan fingerprint density at radius 2 is 1.95 bits per heavy atom. The van der Waals surface area contributed by atoms with E-state index in [1.165, 1.54) is 7.11 Å². The molecule has 2 bridgehead atoms. The molecule has 3 heterocycles. The lowest BCUT2D eigenvalue weighted by Gasteiger charge is -2.38. The lowest BCUT2D eigenvalue weighted by Crippen LogP contribution is -2.41. The van der Waals surface area contributed by atoms with Crippen molar-refractivity contribution in [2.24, 2.45) is 5.92 Å². The van der Waals surface area contributed by atoms with Gasteiger partial charge in [-0.3, -0.25) is 19.9 Å². The Labute approximate surface area is 239 Å². The van der Waals surface area contributed by atoms with Crippen LogP contribution in [0.25, 0.3) is 11.1 Å². The van der Waals surface area contributed by atoms with E-state index in [0.29, 0.717) is 35.8 Å². The van der Waals surface area contributed by atoms with Gasteiger partial charge in [0.1, 0.15) is 0 Å². The zero-order valence-corrected chi connectivity index (χ0v) is 23.4. The summed E-state index contributed by atoms with van der Waals surface area (Å²) in [5.74, 6) is -0.0939. The molecule has 1 aromatic heterocycles. The van der Waals surface area contributed by atoms with Crippen molar-refractivity contribution in [3.63, 3.8) is 0 Å². The van der Waals surface area contributed by atoms with Crippen LogP contribution in [0, 0.1) is 5.92 Å². The number of likely N-dealkylation sites (tertiary alicyclic amines) is 1. The molecule has 3 amide bonds. The zero-order valence-electron chi connectivity index (χ0n) is 22.7. The molecule has 0 spiro atoms. The molecule has 2 N–H and O–H groups in total. The highest BCUT2D eigenvalue weighted by Crippen LogP contribution is 2.38. The average Bonchev–Trinajstić information content (AvgIpc) is 2.95. The molecule has 8 nitrogen and oxygen atoms in total. The van der Waals surface area contributed by atoms with Gasteiger partial charge in [0.05, 0.1) is 24.5 Å². The Balaban J connectivity index is 1.47. The van der Waals surface area contributed by atoms with Gasteiger partial charge in [-0.15, -0.1) is 0 Å². The molecule has 1 fully saturated rings. The van der Waals surface area contributed by atoms with Crippen LogP contribution in [0.4, 0.5) is 16.2 Å². The molecule has 2 aliphatic heterocycles. The Morgan fingerprint density at radius 3 is 2.73 bits per heavy atom. The number of carbonyl (C=O) groups excluding carboxylic acids is 3. The molecule has 5 rings (SSSR count). The van der Waals surface area contributed by atoms with E-state index in [-0.39, 0.29) is 29.7 Å². The van der Waals surface area contributed by atoms with Crippen LogP contribution in [-0.2, 0) is 14.3 Å². The summed E-state index contributed by atoms with van der Waals surface area (Å²) >= 11 is 6.22. The summed E-state index contributed by atoms with van der Waals surface area (Å²) in [6.07, 6.45) is 4.59. The molecule has 1 saturated heterocycles. The molecule has 2 aliphatic rings. The lowest BCUT2D eigenvalue weighted by molar-refractivity contribution is -0.137. The first kappa shape index (κ1) is 27.6. The quantitative estimate of drug-likeness (QED) is 0.367. The van der Waals surface area contributed by atoms with E-state index in [4.69, 9.17) is 21.3 Å². The van der Waals surface area contributed by atoms with E-state index in [0.717, 1.165) is 41.6 Å². The molecule has 0 saturated carbocycles. The van der Waals surface area contributed by atoms with Gasteiger partial charge in [-0.2, -0.15) is 0 Å². The van der Waals surface area contributed by atoms with Crippen LogP contribution in [0.1, 0.15) is 62.2 Å². The number of piperidine rings is 1. The van der Waals surface area contributed by atoms with Gasteiger partial charge in [0.15, 0.2) is 0 Å². The zero-order chi connectivity index (χ0) is 28.2. The van der Waals surface area contributed by atoms with Gasteiger partial charge in [-0.25, -0.2) is 4.79 Å². The maximum Gasteiger partial charge on any atom is 0.411 e. The third-order valence-electron chi connectivity index (χ3n) is 7.86. The van der Waals surface area contributed by atoms with Crippen molar-refractivity contribution in [2.75, 3.05) is 24.3 Å². The summed E-state index contributed by atoms with van der Waals surface area (Å²) in [6, 6.07) is 16.8. The number of anilines is 2. The predicted octanol–water partition coefficient (Wildman–Crippen LogP) is 6.79. The number of nitrogens with one attached hydrogen (secondary N) is 2. The van der Waals surface area contributed by atoms with E-state index in [9.17, 15) is 14.4 Å². The van der Waals surface area contributed by atoms with Gasteiger partial charge in [-0.05, 0) is 72.7 Å². The Hall–Kier alpha value is -3.91. The topological polar surface area (TPSA) is 101 Å². The first-order valence-corrected chi connectivity index (χ1v) is 14.0. The number of amides is 3. The van der Waals surface area contributed by atoms with Crippen molar-refractivity contribution in [1.29, 1.82) is 0 Å². The number of aromatic nitrogens is 1. The highest BCUT2D eigenvalue weighted by atomic mass is 35.5. The van der Waals surface area contributed by atoms with E-state index < -0.39 is 6.09 Å². The number of fused-ring (bicyclic) bond motifs is 4. The molecule has 1 unspecified atom stereocenters. The number of carbonyl (C=O) groups is 3. The number of pyridine rings is 1. The third-order valence-corrected chi connectivity index (χ3v) is 8.10. The molecule has 9 heteroatoms. The highest BCUT2D eigenvalue weighted by Gasteiger charge is 2.33. The fourth-order valence-corrected chi connectivity index (χ4v) is 5.84. The second kappa shape index (κ2) is 12.1. The van der Waals surface area contributed by atoms with E-state index in [1.54, 1.807) is 18.3 Å². The van der Waals surface area contributed by atoms with Crippen LogP contribution in [0.2, 0.25) is 5.02 Å². The normalized spacial score (nSPS) is 21.4. The fourth-order valence-electron chi connectivity index (χ4n) is 5.64. The second-order valence-electron chi connectivity index (χ2n) is 10.5. The maximum absolute atomic E-state index is 13.6. The van der Waals surface area contributed by atoms with Crippen molar-refractivity contribution < 1.29 is 19.1 Å². The van der Waals surface area contributed by atoms with Gasteiger partial charge in [0.2, 0.25) is 11.8 Å². The van der Waals surface area contributed by atoms with Gasteiger partial charge in [0, 0.05) is 41.4 Å². The summed E-state index contributed by atoms with van der Waals surface area (Å²) in [6.45, 7) is 2.53. The van der Waals surface area contributed by atoms with Crippen molar-refractivity contribution in [3.8, 4) is 11.1 Å². The summed E-state index contributed by atoms with van der Waals surface area (Å²) in [7, 11) is 1.30. The molecule has 40 heavy (non-hydrogen) atoms. The molecule has 2 aromatic carbocycles. The molecular weight excluding hydrogens is 528 g/mol. The minimum absolute atomic E-state index is 0.0960. The molecule has 3 aromatic rings. The first-order valence-electron chi connectivity index (χ1n) is 13.6. The SMILES string of the molecule is COC(=O)Nc1ccc2c(c1)NC(=O)[C@H](C)CCC[C@H](N1CCC(c3cccc(Cl)c3)CC1=O)c1cc-2ccn1. The fraction of sp³-hybridized carbons (Fsp3) is 0.355. The summed E-state index contributed by atoms with van der Waals surface area (Å²) in [5, 5.41) is 6.39. The largest absolute Gasteiger partial charge is 0.453 e. The van der Waals surface area contributed by atoms with E-state index >= 15 is 0 Å². The maximum atomic E-state index is 13.6. The first-order chi connectivity index (χ1) is 19.3. The van der Waals surface area contributed by atoms with Crippen molar-refractivity contribution in [1.82, 2.24) is 9.88 Å². The Bertz CT molecular complexity index is 1430. The Morgan fingerprint density at radius 1 is 1.10 bits per heavy atom. The Kier molecular flexibility index (Phi) is 8.35. The van der Waals surface area contributed by atoms with Gasteiger partial charge in [-0.1, -0.05) is 43.1 Å². The van der Waals surface area contributed by atoms with Crippen molar-refractivity contribution in [2.45, 2.75) is 51.0 Å². The second-order valence-corrected chi connectivity index (χ2v) is 11.0. The van der Waals surface area contributed by atoms with Gasteiger partial charge in [0.25, 0.3) is 0 Å². The summed E-state index contributed by atoms with van der Waals surface area (Å²) in [5.41, 5.74) is 4.67. The number of ether oxygens (including phenoxy) is 1. The third kappa shape index (κ3) is 6.12. The average molecular weight is 561 g/mol. The van der Waals surface area contributed by atoms with Gasteiger partial charge < -0.3 is 15.0 Å². The molecule has 3 atom stereocenters. The van der Waals surface area contributed by atoms with E-state index in [2.05, 4.69) is 10.6 Å². The number of nitrogens with zero attached hydrogens (tertiary/aromatic N) is 2. The van der Waals surface area contributed by atoms with Crippen LogP contribution in [0.15, 0.2) is 60.8 Å². The molecule has 0 radical (unpaired) electrons. The standard InChI is InChI=1S/C31H33ClN4O4/c1-19-5-3-8-28(36-14-12-21(17-29(36)37)20-6-4-7-23(32)15-20)27-16-22(11-13-33-27)25-10-9-24(34-31(39)40-2)18-26(25)35-30(19)38/h4,6-7,9-11,13,15-16,18-19,21,28H,3,5,8,12,14,17H2,1-2H3,(H,34,39)(H,35,38)/t19-,21?,28+/m1/s1. The van der Waals surface area contributed by atoms with Gasteiger partial charge >= 0.3 is 6.09 Å². The number of rotatable bonds is 3. The summed E-state index contributed by atoms with van der Waals surface area (Å²) in [4.78, 5) is 45.1. The number of halogens is 1. The number of benzene rings is 2. The van der Waals surface area contributed by atoms with Crippen LogP contribution < -0.4 is 10.6 Å². The number of hydrogen-bond donors (Lipinski definition) is 2. The predicted molar refractivity (Wildman–Crippen MR) is 155 cm³/mol.